The molecule has 3 N–H and O–H groups in total. The van der Waals surface area contributed by atoms with Gasteiger partial charge in [0, 0.05) is 18.8 Å². The van der Waals surface area contributed by atoms with Crippen LogP contribution >= 0.6 is 0 Å². The number of rotatable bonds is 4. The van der Waals surface area contributed by atoms with Crippen LogP contribution < -0.4 is 15.4 Å². The van der Waals surface area contributed by atoms with Crippen LogP contribution in [0.2, 0.25) is 0 Å². The van der Waals surface area contributed by atoms with Crippen molar-refractivity contribution >= 4 is 21.4 Å². The number of nitrogens with zero attached hydrogens (tertiary/aromatic N) is 1. The highest BCUT2D eigenvalue weighted by Crippen LogP contribution is 2.30. The first-order valence-corrected chi connectivity index (χ1v) is 8.00. The van der Waals surface area contributed by atoms with Gasteiger partial charge >= 0.3 is 0 Å². The Kier molecular flexibility index (Phi) is 4.01. The van der Waals surface area contributed by atoms with Gasteiger partial charge in [-0.1, -0.05) is 12.8 Å². The maximum absolute atomic E-state index is 11.8. The highest BCUT2D eigenvalue weighted by Gasteiger charge is 2.21. The predicted molar refractivity (Wildman–Crippen MR) is 77.8 cm³/mol. The van der Waals surface area contributed by atoms with Crippen LogP contribution in [0.15, 0.2) is 23.1 Å². The van der Waals surface area contributed by atoms with E-state index in [0.717, 1.165) is 5.69 Å². The molecule has 1 saturated carbocycles. The molecule has 0 radical (unpaired) electrons. The third-order valence-corrected chi connectivity index (χ3v) is 5.32. The van der Waals surface area contributed by atoms with E-state index >= 15 is 0 Å². The Balaban J connectivity index is 2.28. The van der Waals surface area contributed by atoms with Crippen molar-refractivity contribution in [2.45, 2.75) is 36.6 Å². The third kappa shape index (κ3) is 2.84. The van der Waals surface area contributed by atoms with E-state index < -0.39 is 10.0 Å². The first-order valence-electron chi connectivity index (χ1n) is 6.51. The van der Waals surface area contributed by atoms with Crippen molar-refractivity contribution in [3.63, 3.8) is 0 Å². The summed E-state index contributed by atoms with van der Waals surface area (Å²) in [5.74, 6) is 0. The van der Waals surface area contributed by atoms with E-state index in [1.165, 1.54) is 32.7 Å². The highest BCUT2D eigenvalue weighted by atomic mass is 32.2. The van der Waals surface area contributed by atoms with Gasteiger partial charge in [0.1, 0.15) is 4.90 Å². The highest BCUT2D eigenvalue weighted by molar-refractivity contribution is 7.89. The zero-order valence-corrected chi connectivity index (χ0v) is 12.2. The summed E-state index contributed by atoms with van der Waals surface area (Å²) in [7, 11) is -0.0629. The quantitative estimate of drug-likeness (QED) is 0.822. The zero-order valence-electron chi connectivity index (χ0n) is 11.4. The predicted octanol–water partition coefficient (Wildman–Crippen LogP) is 1.56. The van der Waals surface area contributed by atoms with Gasteiger partial charge in [-0.25, -0.2) is 13.1 Å². The SMILES string of the molecule is CNS(=O)(=O)c1ccc(N(C)C2CCCC2)cc1N. The second kappa shape index (κ2) is 5.38. The van der Waals surface area contributed by atoms with Crippen LogP contribution in [-0.2, 0) is 10.0 Å². The summed E-state index contributed by atoms with van der Waals surface area (Å²) < 4.78 is 25.8. The summed E-state index contributed by atoms with van der Waals surface area (Å²) in [5.41, 5.74) is 7.13. The molecule has 0 bridgehead atoms. The minimum absolute atomic E-state index is 0.138. The lowest BCUT2D eigenvalue weighted by Gasteiger charge is -2.27. The topological polar surface area (TPSA) is 75.4 Å². The Bertz CT molecular complexity index is 551. The minimum Gasteiger partial charge on any atom is -0.398 e. The number of sulfonamides is 1. The largest absolute Gasteiger partial charge is 0.398 e. The smallest absolute Gasteiger partial charge is 0.242 e. The van der Waals surface area contributed by atoms with Crippen LogP contribution in [0.1, 0.15) is 25.7 Å². The molecule has 0 saturated heterocycles. The summed E-state index contributed by atoms with van der Waals surface area (Å²) in [4.78, 5) is 2.33. The molecule has 0 heterocycles. The summed E-state index contributed by atoms with van der Waals surface area (Å²) in [5, 5.41) is 0. The first-order chi connectivity index (χ1) is 8.95. The van der Waals surface area contributed by atoms with Gasteiger partial charge in [-0.05, 0) is 38.1 Å². The maximum Gasteiger partial charge on any atom is 0.242 e. The van der Waals surface area contributed by atoms with Crippen molar-refractivity contribution in [2.24, 2.45) is 0 Å². The van der Waals surface area contributed by atoms with Crippen LogP contribution in [0, 0.1) is 0 Å². The van der Waals surface area contributed by atoms with Crippen LogP contribution in [0.3, 0.4) is 0 Å². The molecule has 106 valence electrons. The molecule has 0 atom stereocenters. The Hall–Kier alpha value is -1.27. The van der Waals surface area contributed by atoms with E-state index in [1.807, 2.05) is 13.1 Å². The molecule has 19 heavy (non-hydrogen) atoms. The summed E-state index contributed by atoms with van der Waals surface area (Å²) >= 11 is 0. The molecular formula is C13H21N3O2S. The van der Waals surface area contributed by atoms with Crippen molar-refractivity contribution < 1.29 is 8.42 Å². The number of hydrogen-bond acceptors (Lipinski definition) is 4. The lowest BCUT2D eigenvalue weighted by Crippen LogP contribution is -2.29. The van der Waals surface area contributed by atoms with Crippen molar-refractivity contribution in [2.75, 3.05) is 24.7 Å². The first kappa shape index (κ1) is 14.1. The number of hydrogen-bond donors (Lipinski definition) is 2. The second-order valence-corrected chi connectivity index (χ2v) is 6.83. The Morgan fingerprint density at radius 1 is 1.32 bits per heavy atom. The fourth-order valence-corrected chi connectivity index (χ4v) is 3.45. The van der Waals surface area contributed by atoms with Gasteiger partial charge in [0.2, 0.25) is 10.0 Å². The molecule has 1 aromatic carbocycles. The fourth-order valence-electron chi connectivity index (χ4n) is 2.61. The average Bonchev–Trinajstić information content (AvgIpc) is 2.91. The van der Waals surface area contributed by atoms with E-state index in [1.54, 1.807) is 12.1 Å². The molecule has 1 aromatic rings. The van der Waals surface area contributed by atoms with Gasteiger partial charge in [-0.2, -0.15) is 0 Å². The molecule has 0 unspecified atom stereocenters. The molecule has 1 fully saturated rings. The summed E-state index contributed by atoms with van der Waals surface area (Å²) in [6.07, 6.45) is 4.90. The van der Waals surface area contributed by atoms with Gasteiger partial charge in [0.25, 0.3) is 0 Å². The van der Waals surface area contributed by atoms with Gasteiger partial charge in [-0.3, -0.25) is 0 Å². The molecule has 6 heteroatoms. The molecule has 5 nitrogen and oxygen atoms in total. The van der Waals surface area contributed by atoms with E-state index in [-0.39, 0.29) is 10.6 Å². The Morgan fingerprint density at radius 2 is 1.95 bits per heavy atom. The molecule has 1 aliphatic carbocycles. The average molecular weight is 283 g/mol. The third-order valence-electron chi connectivity index (χ3n) is 3.83. The van der Waals surface area contributed by atoms with Crippen LogP contribution in [0.4, 0.5) is 11.4 Å². The number of benzene rings is 1. The number of nitrogen functional groups attached to an aromatic ring is 1. The normalized spacial score (nSPS) is 16.7. The summed E-state index contributed by atoms with van der Waals surface area (Å²) in [6, 6.07) is 5.66. The Morgan fingerprint density at radius 3 is 2.47 bits per heavy atom. The van der Waals surface area contributed by atoms with E-state index in [4.69, 9.17) is 5.73 Å². The molecule has 0 aliphatic heterocycles. The molecule has 1 aliphatic rings. The number of anilines is 2. The monoisotopic (exact) mass is 283 g/mol. The molecule has 2 rings (SSSR count). The van der Waals surface area contributed by atoms with Crippen LogP contribution in [0.5, 0.6) is 0 Å². The lowest BCUT2D eigenvalue weighted by molar-refractivity contribution is 0.588. The van der Waals surface area contributed by atoms with Gasteiger partial charge in [-0.15, -0.1) is 0 Å². The summed E-state index contributed by atoms with van der Waals surface area (Å²) in [6.45, 7) is 0. The number of nitrogens with two attached hydrogens (primary N) is 1. The molecular weight excluding hydrogens is 262 g/mol. The molecule has 0 amide bonds. The van der Waals surface area contributed by atoms with Crippen LogP contribution in [0.25, 0.3) is 0 Å². The Labute approximate surface area is 114 Å². The van der Waals surface area contributed by atoms with E-state index in [9.17, 15) is 8.42 Å². The van der Waals surface area contributed by atoms with Gasteiger partial charge < -0.3 is 10.6 Å². The van der Waals surface area contributed by atoms with Crippen molar-refractivity contribution in [1.82, 2.24) is 4.72 Å². The lowest BCUT2D eigenvalue weighted by atomic mass is 10.2. The number of nitrogens with one attached hydrogen (secondary N) is 1. The van der Waals surface area contributed by atoms with E-state index in [2.05, 4.69) is 9.62 Å². The second-order valence-electron chi connectivity index (χ2n) is 4.98. The zero-order chi connectivity index (χ0) is 14.0. The van der Waals surface area contributed by atoms with Crippen LogP contribution in [-0.4, -0.2) is 28.6 Å². The van der Waals surface area contributed by atoms with Crippen molar-refractivity contribution in [3.05, 3.63) is 18.2 Å². The maximum atomic E-state index is 11.8. The minimum atomic E-state index is -3.48. The van der Waals surface area contributed by atoms with Crippen molar-refractivity contribution in [3.8, 4) is 0 Å². The van der Waals surface area contributed by atoms with Gasteiger partial charge in [0.15, 0.2) is 0 Å². The fraction of sp³-hybridized carbons (Fsp3) is 0.538. The standard InChI is InChI=1S/C13H21N3O2S/c1-15-19(17,18)13-8-7-11(9-12(13)14)16(2)10-5-3-4-6-10/h7-10,15H,3-6,14H2,1-2H3. The van der Waals surface area contributed by atoms with E-state index in [0.29, 0.717) is 6.04 Å². The van der Waals surface area contributed by atoms with Gasteiger partial charge in [0.05, 0.1) is 5.69 Å². The van der Waals surface area contributed by atoms with Crippen molar-refractivity contribution in [1.29, 1.82) is 0 Å². The molecule has 0 aromatic heterocycles. The molecule has 0 spiro atoms.